The largest absolute Gasteiger partial charge is 0.480 e. The number of carboxylic acid groups (broad SMARTS) is 1. The number of hydrogen-bond acceptors (Lipinski definition) is 8. The maximum atomic E-state index is 12.5. The fraction of sp³-hybridized carbons (Fsp3) is 0.737. The molecular weight excluding hydrogens is 412 g/mol. The molecule has 7 N–H and O–H groups in total. The van der Waals surface area contributed by atoms with Crippen LogP contribution in [0.4, 0.5) is 0 Å². The smallest absolute Gasteiger partial charge is 0.328 e. The van der Waals surface area contributed by atoms with Crippen LogP contribution in [0.3, 0.4) is 0 Å². The molecule has 0 rings (SSSR count). The van der Waals surface area contributed by atoms with Crippen molar-refractivity contribution in [1.82, 2.24) is 16.0 Å². The fourth-order valence-corrected chi connectivity index (χ4v) is 2.17. The Hall–Kier alpha value is -2.73. The molecule has 0 saturated carbocycles. The number of esters is 1. The van der Waals surface area contributed by atoms with Crippen molar-refractivity contribution in [3.05, 3.63) is 0 Å². The van der Waals surface area contributed by atoms with Crippen molar-refractivity contribution in [2.75, 3.05) is 6.54 Å². The molecule has 0 aromatic heterocycles. The second-order valence-electron chi connectivity index (χ2n) is 8.71. The van der Waals surface area contributed by atoms with Gasteiger partial charge in [0.1, 0.15) is 11.6 Å². The first-order valence-electron chi connectivity index (χ1n) is 9.73. The number of aliphatic carboxylic acids is 1. The van der Waals surface area contributed by atoms with Gasteiger partial charge in [0.2, 0.25) is 17.7 Å². The van der Waals surface area contributed by atoms with Gasteiger partial charge in [-0.1, -0.05) is 0 Å². The average Bonchev–Trinajstić information content (AvgIpc) is 2.57. The number of nitrogens with two attached hydrogens (primary N) is 1. The maximum Gasteiger partial charge on any atom is 0.328 e. The number of carbonyl (C=O) groups excluding carboxylic acids is 4. The summed E-state index contributed by atoms with van der Waals surface area (Å²) in [6, 6.07) is -2.74. The number of carboxylic acids is 1. The van der Waals surface area contributed by atoms with E-state index in [1.165, 1.54) is 20.8 Å². The van der Waals surface area contributed by atoms with Crippen LogP contribution >= 0.6 is 0 Å². The van der Waals surface area contributed by atoms with E-state index in [4.69, 9.17) is 15.6 Å². The van der Waals surface area contributed by atoms with E-state index in [1.807, 2.05) is 0 Å². The third-order valence-corrected chi connectivity index (χ3v) is 3.75. The summed E-state index contributed by atoms with van der Waals surface area (Å²) in [4.78, 5) is 59.6. The highest BCUT2D eigenvalue weighted by Gasteiger charge is 2.30. The van der Waals surface area contributed by atoms with Gasteiger partial charge in [-0.2, -0.15) is 0 Å². The van der Waals surface area contributed by atoms with Gasteiger partial charge in [0.05, 0.1) is 18.2 Å². The molecule has 0 aliphatic carbocycles. The summed E-state index contributed by atoms with van der Waals surface area (Å²) in [6.45, 7) is 8.49. The number of ether oxygens (including phenoxy) is 1. The van der Waals surface area contributed by atoms with Crippen molar-refractivity contribution in [2.24, 2.45) is 5.73 Å². The van der Waals surface area contributed by atoms with E-state index in [0.29, 0.717) is 0 Å². The number of rotatable bonds is 11. The van der Waals surface area contributed by atoms with E-state index < -0.39 is 65.5 Å². The fourth-order valence-electron chi connectivity index (χ4n) is 2.17. The summed E-state index contributed by atoms with van der Waals surface area (Å²) >= 11 is 0. The first-order chi connectivity index (χ1) is 13.9. The predicted octanol–water partition coefficient (Wildman–Crippen LogP) is -1.60. The highest BCUT2D eigenvalue weighted by atomic mass is 16.6. The third-order valence-electron chi connectivity index (χ3n) is 3.75. The molecule has 0 aromatic carbocycles. The van der Waals surface area contributed by atoms with Gasteiger partial charge in [0.25, 0.3) is 0 Å². The first-order valence-corrected chi connectivity index (χ1v) is 9.73. The van der Waals surface area contributed by atoms with E-state index in [-0.39, 0.29) is 12.8 Å². The molecule has 0 aliphatic rings. The molecule has 31 heavy (non-hydrogen) atoms. The van der Waals surface area contributed by atoms with Crippen molar-refractivity contribution in [1.29, 1.82) is 0 Å². The Morgan fingerprint density at radius 2 is 1.58 bits per heavy atom. The highest BCUT2D eigenvalue weighted by molar-refractivity contribution is 5.93. The van der Waals surface area contributed by atoms with Crippen LogP contribution in [0.15, 0.2) is 0 Å². The quantitative estimate of drug-likeness (QED) is 0.202. The molecule has 0 saturated heterocycles. The normalized spacial score (nSPS) is 14.6. The van der Waals surface area contributed by atoms with Gasteiger partial charge in [-0.25, -0.2) is 4.79 Å². The van der Waals surface area contributed by atoms with Gasteiger partial charge < -0.3 is 36.6 Å². The van der Waals surface area contributed by atoms with Crippen molar-refractivity contribution >= 4 is 29.7 Å². The van der Waals surface area contributed by atoms with E-state index in [9.17, 15) is 29.1 Å². The average molecular weight is 447 g/mol. The van der Waals surface area contributed by atoms with Gasteiger partial charge in [0.15, 0.2) is 6.04 Å². The van der Waals surface area contributed by atoms with Crippen LogP contribution < -0.4 is 21.7 Å². The minimum atomic E-state index is -1.55. The van der Waals surface area contributed by atoms with Gasteiger partial charge in [-0.15, -0.1) is 0 Å². The van der Waals surface area contributed by atoms with E-state index in [1.54, 1.807) is 20.8 Å². The Balaban J connectivity index is 5.07. The van der Waals surface area contributed by atoms with Crippen molar-refractivity contribution in [3.63, 3.8) is 0 Å². The topological polar surface area (TPSA) is 197 Å². The van der Waals surface area contributed by atoms with Crippen LogP contribution in [0.2, 0.25) is 0 Å². The predicted molar refractivity (Wildman–Crippen MR) is 110 cm³/mol. The molecule has 12 nitrogen and oxygen atoms in total. The molecule has 0 fully saturated rings. The Kier molecular flexibility index (Phi) is 10.6. The number of aliphatic hydroxyl groups is 1. The molecule has 12 heteroatoms. The molecular formula is C19H34N4O8. The molecule has 178 valence electrons. The summed E-state index contributed by atoms with van der Waals surface area (Å²) in [6.07, 6.45) is -1.66. The van der Waals surface area contributed by atoms with Crippen molar-refractivity contribution < 1.29 is 38.9 Å². The van der Waals surface area contributed by atoms with Crippen LogP contribution in [-0.4, -0.2) is 75.7 Å². The molecule has 3 amide bonds. The summed E-state index contributed by atoms with van der Waals surface area (Å²) in [5.74, 6) is -4.31. The highest BCUT2D eigenvalue weighted by Crippen LogP contribution is 2.11. The van der Waals surface area contributed by atoms with E-state index in [0.717, 1.165) is 0 Å². The van der Waals surface area contributed by atoms with Crippen molar-refractivity contribution in [2.45, 2.75) is 83.7 Å². The Morgan fingerprint density at radius 1 is 1.03 bits per heavy atom. The second-order valence-corrected chi connectivity index (χ2v) is 8.71. The molecule has 0 spiro atoms. The van der Waals surface area contributed by atoms with Gasteiger partial charge in [-0.3, -0.25) is 19.2 Å². The lowest BCUT2D eigenvalue weighted by atomic mass is 10.0. The first kappa shape index (κ1) is 28.3. The molecule has 0 bridgehead atoms. The van der Waals surface area contributed by atoms with Crippen LogP contribution in [0.25, 0.3) is 0 Å². The number of amides is 3. The lowest BCUT2D eigenvalue weighted by Crippen LogP contribution is -2.57. The Bertz CT molecular complexity index is 679. The monoisotopic (exact) mass is 446 g/mol. The maximum absolute atomic E-state index is 12.5. The summed E-state index contributed by atoms with van der Waals surface area (Å²) in [5.41, 5.74) is 3.70. The Labute approximate surface area is 181 Å². The molecule has 0 heterocycles. The van der Waals surface area contributed by atoms with Gasteiger partial charge >= 0.3 is 11.9 Å². The molecule has 0 radical (unpaired) electrons. The standard InChI is InChI=1S/C19H34N4O8/c1-10(24)14(16(28)29)23-12(25)9-21-15(27)11(22-17(30)19(5,6)20)7-8-13(26)31-18(2,3)4/h10-11,14,24H,7-9,20H2,1-6H3,(H,21,27)(H,22,30)(H,23,25)(H,28,29)/t10-,11+,14+/m1/s1. The minimum Gasteiger partial charge on any atom is -0.480 e. The molecule has 0 aliphatic heterocycles. The second kappa shape index (κ2) is 11.6. The third kappa shape index (κ3) is 11.9. The van der Waals surface area contributed by atoms with E-state index in [2.05, 4.69) is 16.0 Å². The molecule has 3 atom stereocenters. The number of nitrogens with one attached hydrogen (secondary N) is 3. The zero-order valence-electron chi connectivity index (χ0n) is 18.8. The summed E-state index contributed by atoms with van der Waals surface area (Å²) in [5, 5.41) is 25.1. The van der Waals surface area contributed by atoms with Crippen LogP contribution in [0.1, 0.15) is 54.4 Å². The molecule has 0 unspecified atom stereocenters. The Morgan fingerprint density at radius 3 is 2.00 bits per heavy atom. The number of aliphatic hydroxyl groups excluding tert-OH is 1. The summed E-state index contributed by atoms with van der Waals surface area (Å²) < 4.78 is 5.18. The summed E-state index contributed by atoms with van der Waals surface area (Å²) in [7, 11) is 0. The van der Waals surface area contributed by atoms with Crippen molar-refractivity contribution in [3.8, 4) is 0 Å². The van der Waals surface area contributed by atoms with E-state index >= 15 is 0 Å². The molecule has 0 aromatic rings. The lowest BCUT2D eigenvalue weighted by Gasteiger charge is -2.24. The lowest BCUT2D eigenvalue weighted by molar-refractivity contribution is -0.155. The number of hydrogen-bond donors (Lipinski definition) is 6. The SMILES string of the molecule is C[C@@H](O)[C@H](NC(=O)CNC(=O)[C@H](CCC(=O)OC(C)(C)C)NC(=O)C(C)(C)N)C(=O)O. The van der Waals surface area contributed by atoms with Crippen LogP contribution in [0, 0.1) is 0 Å². The van der Waals surface area contributed by atoms with Gasteiger partial charge in [-0.05, 0) is 48.0 Å². The van der Waals surface area contributed by atoms with Crippen LogP contribution in [-0.2, 0) is 28.7 Å². The zero-order chi connectivity index (χ0) is 24.6. The van der Waals surface area contributed by atoms with Gasteiger partial charge in [0, 0.05) is 6.42 Å². The minimum absolute atomic E-state index is 0.115. The number of carbonyl (C=O) groups is 5. The van der Waals surface area contributed by atoms with Crippen LogP contribution in [0.5, 0.6) is 0 Å². The zero-order valence-corrected chi connectivity index (χ0v) is 18.8.